The maximum absolute atomic E-state index is 11.5. The van der Waals surface area contributed by atoms with Crippen LogP contribution in [-0.4, -0.2) is 17.7 Å². The zero-order valence-electron chi connectivity index (χ0n) is 8.36. The first-order chi connectivity index (χ1) is 6.70. The van der Waals surface area contributed by atoms with Crippen LogP contribution < -0.4 is 4.90 Å². The number of carbonyl (C=O) groups excluding carboxylic acids is 1. The molecule has 74 valence electrons. The number of fused-ring (bicyclic) bond motifs is 1. The van der Waals surface area contributed by atoms with Gasteiger partial charge in [0.05, 0.1) is 5.69 Å². The zero-order valence-corrected chi connectivity index (χ0v) is 9.17. The van der Waals surface area contributed by atoms with Gasteiger partial charge in [-0.3, -0.25) is 4.79 Å². The molecule has 2 nitrogen and oxygen atoms in total. The molecule has 3 heteroatoms. The van der Waals surface area contributed by atoms with E-state index in [1.807, 2.05) is 34.9 Å². The van der Waals surface area contributed by atoms with Crippen molar-refractivity contribution in [1.82, 2.24) is 0 Å². The topological polar surface area (TPSA) is 20.3 Å². The molecular weight excluding hydrogens is 194 g/mol. The largest absolute Gasteiger partial charge is 0.308 e. The number of nitrogens with zero attached hydrogens (tertiary/aromatic N) is 1. The van der Waals surface area contributed by atoms with Gasteiger partial charge in [0.25, 0.3) is 0 Å². The molecule has 1 aliphatic rings. The lowest BCUT2D eigenvalue weighted by Crippen LogP contribution is -2.41. The van der Waals surface area contributed by atoms with E-state index >= 15 is 0 Å². The fourth-order valence-electron chi connectivity index (χ4n) is 1.78. The number of carbonyl (C=O) groups is 1. The van der Waals surface area contributed by atoms with Gasteiger partial charge in [-0.2, -0.15) is 0 Å². The summed E-state index contributed by atoms with van der Waals surface area (Å²) >= 11 is 1.82. The van der Waals surface area contributed by atoms with Crippen LogP contribution in [0.25, 0.3) is 0 Å². The Morgan fingerprint density at radius 1 is 1.50 bits per heavy atom. The van der Waals surface area contributed by atoms with Gasteiger partial charge in [-0.05, 0) is 19.1 Å². The van der Waals surface area contributed by atoms with E-state index in [1.54, 1.807) is 6.92 Å². The first-order valence-electron chi connectivity index (χ1n) is 4.72. The minimum atomic E-state index is 0.130. The van der Waals surface area contributed by atoms with Gasteiger partial charge in [-0.1, -0.05) is 12.1 Å². The normalized spacial score (nSPS) is 20.4. The second-order valence-electron chi connectivity index (χ2n) is 3.52. The number of thioether (sulfide) groups is 1. The smallest absolute Gasteiger partial charge is 0.224 e. The number of anilines is 1. The number of benzene rings is 1. The van der Waals surface area contributed by atoms with Crippen LogP contribution in [0, 0.1) is 0 Å². The van der Waals surface area contributed by atoms with Crippen molar-refractivity contribution in [3.63, 3.8) is 0 Å². The molecule has 0 fully saturated rings. The van der Waals surface area contributed by atoms with Gasteiger partial charge in [0.15, 0.2) is 0 Å². The molecule has 1 atom stereocenters. The molecule has 0 aromatic heterocycles. The van der Waals surface area contributed by atoms with Gasteiger partial charge in [-0.15, -0.1) is 11.8 Å². The Hall–Kier alpha value is -0.960. The lowest BCUT2D eigenvalue weighted by atomic mass is 10.2. The van der Waals surface area contributed by atoms with E-state index in [0.717, 1.165) is 11.4 Å². The molecule has 0 saturated carbocycles. The molecule has 1 aromatic carbocycles. The highest BCUT2D eigenvalue weighted by molar-refractivity contribution is 7.99. The summed E-state index contributed by atoms with van der Waals surface area (Å²) in [6.45, 7) is 3.72. The molecular formula is C11H13NOS. The van der Waals surface area contributed by atoms with E-state index in [9.17, 15) is 4.79 Å². The summed E-state index contributed by atoms with van der Waals surface area (Å²) in [6, 6.07) is 8.38. The second kappa shape index (κ2) is 3.65. The maximum Gasteiger partial charge on any atom is 0.224 e. The van der Waals surface area contributed by atoms with Crippen molar-refractivity contribution in [2.24, 2.45) is 0 Å². The lowest BCUT2D eigenvalue weighted by molar-refractivity contribution is -0.116. The minimum absolute atomic E-state index is 0.130. The molecule has 1 amide bonds. The molecule has 1 aromatic rings. The summed E-state index contributed by atoms with van der Waals surface area (Å²) in [5, 5.41) is 0. The van der Waals surface area contributed by atoms with Crippen LogP contribution >= 0.6 is 11.8 Å². The van der Waals surface area contributed by atoms with Gasteiger partial charge < -0.3 is 4.90 Å². The Labute approximate surface area is 88.3 Å². The minimum Gasteiger partial charge on any atom is -0.308 e. The number of hydrogen-bond acceptors (Lipinski definition) is 2. The van der Waals surface area contributed by atoms with Crippen molar-refractivity contribution in [2.45, 2.75) is 24.8 Å². The number of para-hydroxylation sites is 1. The van der Waals surface area contributed by atoms with Crippen molar-refractivity contribution < 1.29 is 4.79 Å². The van der Waals surface area contributed by atoms with Crippen LogP contribution in [0.15, 0.2) is 29.2 Å². The number of amides is 1. The Morgan fingerprint density at radius 2 is 2.21 bits per heavy atom. The highest BCUT2D eigenvalue weighted by Crippen LogP contribution is 2.36. The van der Waals surface area contributed by atoms with E-state index in [-0.39, 0.29) is 5.91 Å². The Balaban J connectivity index is 2.46. The predicted molar refractivity (Wildman–Crippen MR) is 59.8 cm³/mol. The van der Waals surface area contributed by atoms with Crippen LogP contribution in [0.4, 0.5) is 5.69 Å². The molecule has 0 saturated heterocycles. The van der Waals surface area contributed by atoms with Crippen LogP contribution in [0.5, 0.6) is 0 Å². The molecule has 14 heavy (non-hydrogen) atoms. The quantitative estimate of drug-likeness (QED) is 0.651. The van der Waals surface area contributed by atoms with Crippen LogP contribution in [0.3, 0.4) is 0 Å². The molecule has 1 aliphatic heterocycles. The molecule has 0 bridgehead atoms. The lowest BCUT2D eigenvalue weighted by Gasteiger charge is -2.33. The maximum atomic E-state index is 11.5. The molecule has 1 unspecified atom stereocenters. The third kappa shape index (κ3) is 1.52. The monoisotopic (exact) mass is 207 g/mol. The Morgan fingerprint density at radius 3 is 2.93 bits per heavy atom. The van der Waals surface area contributed by atoms with Crippen molar-refractivity contribution in [2.75, 3.05) is 10.7 Å². The van der Waals surface area contributed by atoms with E-state index < -0.39 is 0 Å². The summed E-state index contributed by atoms with van der Waals surface area (Å²) in [7, 11) is 0. The van der Waals surface area contributed by atoms with Gasteiger partial charge >= 0.3 is 0 Å². The third-order valence-electron chi connectivity index (χ3n) is 2.38. The standard InChI is InChI=1S/C11H13NOS/c1-8-7-14-11-6-4-3-5-10(11)12(8)9(2)13/h3-6,8H,7H2,1-2H3. The van der Waals surface area contributed by atoms with E-state index in [0.29, 0.717) is 6.04 Å². The fraction of sp³-hybridized carbons (Fsp3) is 0.364. The van der Waals surface area contributed by atoms with Gasteiger partial charge in [0.1, 0.15) is 0 Å². The molecule has 1 heterocycles. The van der Waals surface area contributed by atoms with Crippen molar-refractivity contribution in [1.29, 1.82) is 0 Å². The molecule has 0 spiro atoms. The predicted octanol–water partition coefficient (Wildman–Crippen LogP) is 2.53. The SMILES string of the molecule is CC(=O)N1c2ccccc2SCC1C. The second-order valence-corrected chi connectivity index (χ2v) is 4.58. The van der Waals surface area contributed by atoms with Gasteiger partial charge in [0, 0.05) is 23.6 Å². The average molecular weight is 207 g/mol. The summed E-state index contributed by atoms with van der Waals surface area (Å²) in [5.41, 5.74) is 1.06. The van der Waals surface area contributed by atoms with Crippen molar-refractivity contribution in [3.8, 4) is 0 Å². The highest BCUT2D eigenvalue weighted by Gasteiger charge is 2.25. The summed E-state index contributed by atoms with van der Waals surface area (Å²) in [4.78, 5) is 14.6. The highest BCUT2D eigenvalue weighted by atomic mass is 32.2. The molecule has 0 radical (unpaired) electrons. The molecule has 0 N–H and O–H groups in total. The molecule has 2 rings (SSSR count). The summed E-state index contributed by atoms with van der Waals surface area (Å²) in [5.74, 6) is 1.11. The summed E-state index contributed by atoms with van der Waals surface area (Å²) < 4.78 is 0. The van der Waals surface area contributed by atoms with Crippen LogP contribution in [0.2, 0.25) is 0 Å². The average Bonchev–Trinajstić information content (AvgIpc) is 2.17. The first-order valence-corrected chi connectivity index (χ1v) is 5.70. The fourth-order valence-corrected chi connectivity index (χ4v) is 2.84. The van der Waals surface area contributed by atoms with Gasteiger partial charge in [0.2, 0.25) is 5.91 Å². The Kier molecular flexibility index (Phi) is 2.50. The van der Waals surface area contributed by atoms with Crippen molar-refractivity contribution in [3.05, 3.63) is 24.3 Å². The Bertz CT molecular complexity index is 364. The first kappa shape index (κ1) is 9.59. The zero-order chi connectivity index (χ0) is 10.1. The third-order valence-corrected chi connectivity index (χ3v) is 3.69. The van der Waals surface area contributed by atoms with Gasteiger partial charge in [-0.25, -0.2) is 0 Å². The van der Waals surface area contributed by atoms with Crippen molar-refractivity contribution >= 4 is 23.4 Å². The van der Waals surface area contributed by atoms with Crippen LogP contribution in [0.1, 0.15) is 13.8 Å². The molecule has 0 aliphatic carbocycles. The number of hydrogen-bond donors (Lipinski definition) is 0. The van der Waals surface area contributed by atoms with E-state index in [4.69, 9.17) is 0 Å². The summed E-state index contributed by atoms with van der Waals surface area (Å²) in [6.07, 6.45) is 0. The van der Waals surface area contributed by atoms with E-state index in [2.05, 4.69) is 13.0 Å². The number of rotatable bonds is 0. The van der Waals surface area contributed by atoms with E-state index in [1.165, 1.54) is 4.90 Å². The van der Waals surface area contributed by atoms with Crippen LogP contribution in [-0.2, 0) is 4.79 Å².